The smallest absolute Gasteiger partial charge is 0.254 e. The second-order valence-corrected chi connectivity index (χ2v) is 8.14. The van der Waals surface area contributed by atoms with Crippen LogP contribution in [0.3, 0.4) is 0 Å². The maximum Gasteiger partial charge on any atom is 0.254 e. The maximum atomic E-state index is 12.9. The van der Waals surface area contributed by atoms with Gasteiger partial charge >= 0.3 is 0 Å². The van der Waals surface area contributed by atoms with Gasteiger partial charge in [-0.1, -0.05) is 61.5 Å². The van der Waals surface area contributed by atoms with Crippen molar-refractivity contribution in [3.8, 4) is 0 Å². The molecule has 0 radical (unpaired) electrons. The van der Waals surface area contributed by atoms with Gasteiger partial charge in [0.2, 0.25) is 5.91 Å². The Balaban J connectivity index is 1.62. The van der Waals surface area contributed by atoms with Crippen LogP contribution in [0.1, 0.15) is 47.7 Å². The third-order valence-corrected chi connectivity index (χ3v) is 6.43. The minimum absolute atomic E-state index is 0.0116. The number of hydrogen-bond acceptors (Lipinski definition) is 3. The van der Waals surface area contributed by atoms with E-state index in [-0.39, 0.29) is 30.4 Å². The van der Waals surface area contributed by atoms with Gasteiger partial charge in [0.05, 0.1) is 18.2 Å². The highest BCUT2D eigenvalue weighted by Crippen LogP contribution is 2.54. The highest BCUT2D eigenvalue weighted by Gasteiger charge is 2.67. The van der Waals surface area contributed by atoms with Crippen LogP contribution in [0.25, 0.3) is 6.08 Å². The van der Waals surface area contributed by atoms with Gasteiger partial charge in [-0.05, 0) is 30.2 Å². The summed E-state index contributed by atoms with van der Waals surface area (Å²) in [6.07, 6.45) is 4.43. The van der Waals surface area contributed by atoms with E-state index in [9.17, 15) is 14.7 Å². The molecule has 0 bridgehead atoms. The molecule has 2 atom stereocenters. The molecule has 2 fully saturated rings. The molecule has 1 N–H and O–H groups in total. The molecule has 5 heteroatoms. The van der Waals surface area contributed by atoms with Gasteiger partial charge in [-0.2, -0.15) is 0 Å². The van der Waals surface area contributed by atoms with Crippen LogP contribution in [0.15, 0.2) is 60.7 Å². The average Bonchev–Trinajstić information content (AvgIpc) is 2.74. The van der Waals surface area contributed by atoms with Crippen LogP contribution in [0.4, 0.5) is 0 Å². The number of carbonyl (C=O) groups is 2. The summed E-state index contributed by atoms with van der Waals surface area (Å²) >= 11 is 0. The molecule has 2 aromatic carbocycles. The van der Waals surface area contributed by atoms with Crippen molar-refractivity contribution in [2.75, 3.05) is 19.7 Å². The van der Waals surface area contributed by atoms with Crippen LogP contribution >= 0.6 is 0 Å². The van der Waals surface area contributed by atoms with Crippen molar-refractivity contribution >= 4 is 17.9 Å². The largest absolute Gasteiger partial charge is 0.394 e. The fraction of sp³-hybridized carbons (Fsp3) is 0.360. The Morgan fingerprint density at radius 3 is 2.33 bits per heavy atom. The van der Waals surface area contributed by atoms with Crippen molar-refractivity contribution in [3.63, 3.8) is 0 Å². The monoisotopic (exact) mass is 404 g/mol. The molecule has 0 aliphatic carbocycles. The van der Waals surface area contributed by atoms with Crippen molar-refractivity contribution in [1.82, 2.24) is 9.80 Å². The van der Waals surface area contributed by atoms with Gasteiger partial charge in [0.1, 0.15) is 0 Å². The predicted octanol–water partition coefficient (Wildman–Crippen LogP) is 3.31. The molecule has 2 amide bonds. The summed E-state index contributed by atoms with van der Waals surface area (Å²) in [5.74, 6) is 0.0277. The lowest BCUT2D eigenvalue weighted by atomic mass is 9.60. The number of hydrogen-bond donors (Lipinski definition) is 1. The molecule has 1 spiro atoms. The zero-order valence-electron chi connectivity index (χ0n) is 17.5. The molecule has 2 aliphatic rings. The van der Waals surface area contributed by atoms with Gasteiger partial charge in [0.15, 0.2) is 0 Å². The van der Waals surface area contributed by atoms with Crippen molar-refractivity contribution < 1.29 is 14.7 Å². The summed E-state index contributed by atoms with van der Waals surface area (Å²) < 4.78 is 0. The summed E-state index contributed by atoms with van der Waals surface area (Å²) in [4.78, 5) is 29.3. The van der Waals surface area contributed by atoms with Crippen molar-refractivity contribution in [2.45, 2.75) is 37.8 Å². The van der Waals surface area contributed by atoms with E-state index in [0.717, 1.165) is 11.1 Å². The highest BCUT2D eigenvalue weighted by atomic mass is 16.3. The second kappa shape index (κ2) is 8.07. The normalized spacial score (nSPS) is 22.1. The number of rotatable bonds is 5. The van der Waals surface area contributed by atoms with E-state index in [4.69, 9.17) is 0 Å². The number of aliphatic hydroxyl groups excluding tert-OH is 1. The third-order valence-electron chi connectivity index (χ3n) is 6.43. The predicted molar refractivity (Wildman–Crippen MR) is 117 cm³/mol. The molecule has 2 aliphatic heterocycles. The van der Waals surface area contributed by atoms with Gasteiger partial charge in [0.25, 0.3) is 5.91 Å². The topological polar surface area (TPSA) is 60.9 Å². The number of aliphatic hydroxyl groups is 1. The summed E-state index contributed by atoms with van der Waals surface area (Å²) in [5.41, 5.74) is 2.44. The third kappa shape index (κ3) is 3.14. The first kappa shape index (κ1) is 20.4. The lowest BCUT2D eigenvalue weighted by Gasteiger charge is -2.70. The molecule has 0 aromatic heterocycles. The zero-order valence-corrected chi connectivity index (χ0v) is 17.5. The van der Waals surface area contributed by atoms with Crippen LogP contribution < -0.4 is 0 Å². The summed E-state index contributed by atoms with van der Waals surface area (Å²) in [6.45, 7) is 4.72. The fourth-order valence-electron chi connectivity index (χ4n) is 5.11. The Bertz CT molecular complexity index is 946. The number of amides is 2. The van der Waals surface area contributed by atoms with Gasteiger partial charge < -0.3 is 14.9 Å². The Morgan fingerprint density at radius 1 is 1.10 bits per heavy atom. The van der Waals surface area contributed by atoms with Gasteiger partial charge in [-0.15, -0.1) is 0 Å². The number of allylic oxidation sites excluding steroid dienone is 1. The first-order valence-electron chi connectivity index (χ1n) is 10.6. The number of carbonyl (C=O) groups excluding carboxylic acids is 2. The Morgan fingerprint density at radius 2 is 1.77 bits per heavy atom. The molecular formula is C25H28N2O3. The van der Waals surface area contributed by atoms with Crippen LogP contribution in [-0.4, -0.2) is 58.0 Å². The standard InChI is InChI=1S/C25H28N2O3/c1-3-8-18-11-13-19(14-12-18)23-21(15-28)27(22(29)4-2)25(23)16-26(17-25)24(30)20-9-6-5-7-10-20/h3,5-14,21,23,28H,4,15-17H2,1-2H3/b8-3+/t21-,23+/m1/s1. The van der Waals surface area contributed by atoms with Crippen LogP contribution in [0.5, 0.6) is 0 Å². The maximum absolute atomic E-state index is 12.9. The zero-order chi connectivity index (χ0) is 21.3. The Labute approximate surface area is 177 Å². The van der Waals surface area contributed by atoms with Gasteiger partial charge in [0, 0.05) is 31.0 Å². The van der Waals surface area contributed by atoms with E-state index in [0.29, 0.717) is 25.1 Å². The number of likely N-dealkylation sites (tertiary alicyclic amines) is 2. The molecule has 2 aromatic rings. The quantitative estimate of drug-likeness (QED) is 0.832. The lowest BCUT2D eigenvalue weighted by Crippen LogP contribution is -2.85. The average molecular weight is 405 g/mol. The summed E-state index contributed by atoms with van der Waals surface area (Å²) in [5, 5.41) is 10.1. The summed E-state index contributed by atoms with van der Waals surface area (Å²) in [6, 6.07) is 17.3. The van der Waals surface area contributed by atoms with E-state index in [2.05, 4.69) is 24.3 Å². The van der Waals surface area contributed by atoms with Crippen molar-refractivity contribution in [2.24, 2.45) is 0 Å². The first-order chi connectivity index (χ1) is 14.6. The number of benzene rings is 2. The lowest BCUT2D eigenvalue weighted by molar-refractivity contribution is -0.193. The van der Waals surface area contributed by atoms with E-state index in [1.807, 2.05) is 61.2 Å². The summed E-state index contributed by atoms with van der Waals surface area (Å²) in [7, 11) is 0. The second-order valence-electron chi connectivity index (χ2n) is 8.14. The van der Waals surface area contributed by atoms with E-state index in [1.165, 1.54) is 0 Å². The van der Waals surface area contributed by atoms with E-state index in [1.54, 1.807) is 4.90 Å². The molecule has 156 valence electrons. The van der Waals surface area contributed by atoms with Crippen LogP contribution in [0, 0.1) is 0 Å². The number of nitrogens with zero attached hydrogens (tertiary/aromatic N) is 2. The molecule has 0 saturated carbocycles. The first-order valence-corrected chi connectivity index (χ1v) is 10.6. The molecule has 4 rings (SSSR count). The minimum atomic E-state index is -0.437. The molecule has 2 heterocycles. The molecular weight excluding hydrogens is 376 g/mol. The van der Waals surface area contributed by atoms with Crippen LogP contribution in [-0.2, 0) is 4.79 Å². The molecule has 5 nitrogen and oxygen atoms in total. The van der Waals surface area contributed by atoms with Crippen molar-refractivity contribution in [3.05, 3.63) is 77.4 Å². The highest BCUT2D eigenvalue weighted by molar-refractivity contribution is 5.95. The Kier molecular flexibility index (Phi) is 5.48. The van der Waals surface area contributed by atoms with Crippen molar-refractivity contribution in [1.29, 1.82) is 0 Å². The van der Waals surface area contributed by atoms with E-state index < -0.39 is 5.54 Å². The van der Waals surface area contributed by atoms with Gasteiger partial charge in [-0.3, -0.25) is 9.59 Å². The Hall–Kier alpha value is -2.92. The molecule has 30 heavy (non-hydrogen) atoms. The minimum Gasteiger partial charge on any atom is -0.394 e. The van der Waals surface area contributed by atoms with E-state index >= 15 is 0 Å². The van der Waals surface area contributed by atoms with Gasteiger partial charge in [-0.25, -0.2) is 0 Å². The van der Waals surface area contributed by atoms with Crippen LogP contribution in [0.2, 0.25) is 0 Å². The SMILES string of the molecule is C/C=C/c1ccc([C@H]2[C@@H](CO)N(C(=O)CC)C23CN(C(=O)c2ccccc2)C3)cc1. The fourth-order valence-corrected chi connectivity index (χ4v) is 5.11. The molecule has 0 unspecified atom stereocenters. The molecule has 2 saturated heterocycles.